The molecule has 1 unspecified atom stereocenters. The molecule has 1 aliphatic carbocycles. The maximum atomic E-state index is 12.0. The van der Waals surface area contributed by atoms with Gasteiger partial charge in [-0.25, -0.2) is 0 Å². The number of hydrogen-bond acceptors (Lipinski definition) is 3. The summed E-state index contributed by atoms with van der Waals surface area (Å²) in [5.41, 5.74) is 0.607. The van der Waals surface area contributed by atoms with Crippen molar-refractivity contribution in [3.63, 3.8) is 0 Å². The zero-order chi connectivity index (χ0) is 15.1. The van der Waals surface area contributed by atoms with E-state index in [2.05, 4.69) is 17.5 Å². The number of hydrogen-bond donors (Lipinski definition) is 1. The average molecular weight is 287 g/mol. The summed E-state index contributed by atoms with van der Waals surface area (Å²) >= 11 is 0. The summed E-state index contributed by atoms with van der Waals surface area (Å²) in [6.45, 7) is 0. The summed E-state index contributed by atoms with van der Waals surface area (Å²) < 4.78 is 10.4. The summed E-state index contributed by atoms with van der Waals surface area (Å²) in [5.74, 6) is 1.58. The maximum Gasteiger partial charge on any atom is 0.248 e. The molecule has 4 heteroatoms. The smallest absolute Gasteiger partial charge is 0.248 e. The maximum absolute atomic E-state index is 12.0. The fraction of sp³-hybridized carbons (Fsp3) is 0.353. The molecule has 1 atom stereocenters. The summed E-state index contributed by atoms with van der Waals surface area (Å²) in [6.07, 6.45) is 11.1. The fourth-order valence-corrected chi connectivity index (χ4v) is 2.30. The van der Waals surface area contributed by atoms with E-state index >= 15 is 0 Å². The van der Waals surface area contributed by atoms with Crippen molar-refractivity contribution in [3.05, 3.63) is 42.5 Å². The molecule has 0 spiro atoms. The third kappa shape index (κ3) is 4.38. The van der Waals surface area contributed by atoms with Crippen LogP contribution in [0.15, 0.2) is 42.5 Å². The van der Waals surface area contributed by atoms with Gasteiger partial charge in [-0.2, -0.15) is 0 Å². The first-order valence-corrected chi connectivity index (χ1v) is 7.09. The molecule has 0 heterocycles. The molecule has 21 heavy (non-hydrogen) atoms. The first kappa shape index (κ1) is 15.2. The number of benzene rings is 1. The highest BCUT2D eigenvalue weighted by molar-refractivity contribution is 6.00. The molecule has 0 saturated carbocycles. The number of amides is 1. The number of nitrogens with one attached hydrogen (secondary N) is 1. The Morgan fingerprint density at radius 1 is 1.29 bits per heavy atom. The average Bonchev–Trinajstić information content (AvgIpc) is 2.54. The van der Waals surface area contributed by atoms with Gasteiger partial charge in [0.05, 0.1) is 19.9 Å². The monoisotopic (exact) mass is 287 g/mol. The molecular formula is C17H21NO3. The SMILES string of the molecule is COc1ccc(OC)c(NC(=O)/C=C/C2CC=CCC2)c1. The third-order valence-electron chi connectivity index (χ3n) is 3.49. The lowest BCUT2D eigenvalue weighted by atomic mass is 9.94. The molecule has 1 aliphatic rings. The normalized spacial score (nSPS) is 17.7. The Kier molecular flexibility index (Phi) is 5.43. The molecule has 112 valence electrons. The molecule has 0 bridgehead atoms. The molecule has 0 aromatic heterocycles. The van der Waals surface area contributed by atoms with E-state index in [0.717, 1.165) is 19.3 Å². The van der Waals surface area contributed by atoms with E-state index in [1.165, 1.54) is 0 Å². The van der Waals surface area contributed by atoms with Gasteiger partial charge in [-0.05, 0) is 43.4 Å². The van der Waals surface area contributed by atoms with Crippen molar-refractivity contribution in [3.8, 4) is 11.5 Å². The van der Waals surface area contributed by atoms with Crippen LogP contribution < -0.4 is 14.8 Å². The third-order valence-corrected chi connectivity index (χ3v) is 3.49. The Morgan fingerprint density at radius 2 is 2.14 bits per heavy atom. The molecule has 0 fully saturated rings. The molecule has 1 aromatic rings. The van der Waals surface area contributed by atoms with Gasteiger partial charge in [-0.1, -0.05) is 18.2 Å². The minimum absolute atomic E-state index is 0.156. The summed E-state index contributed by atoms with van der Waals surface area (Å²) in [6, 6.07) is 5.30. The van der Waals surface area contributed by atoms with Gasteiger partial charge in [-0.3, -0.25) is 4.79 Å². The zero-order valence-electron chi connectivity index (χ0n) is 12.5. The van der Waals surface area contributed by atoms with Crippen molar-refractivity contribution < 1.29 is 14.3 Å². The van der Waals surface area contributed by atoms with Crippen molar-refractivity contribution in [1.29, 1.82) is 0 Å². The van der Waals surface area contributed by atoms with Crippen LogP contribution in [0.25, 0.3) is 0 Å². The highest BCUT2D eigenvalue weighted by atomic mass is 16.5. The van der Waals surface area contributed by atoms with Gasteiger partial charge >= 0.3 is 0 Å². The zero-order valence-corrected chi connectivity index (χ0v) is 12.5. The van der Waals surface area contributed by atoms with Crippen LogP contribution in [0, 0.1) is 5.92 Å². The second-order valence-electron chi connectivity index (χ2n) is 4.96. The van der Waals surface area contributed by atoms with Gasteiger partial charge in [-0.15, -0.1) is 0 Å². The standard InChI is InChI=1S/C17H21NO3/c1-20-14-9-10-16(21-2)15(12-14)18-17(19)11-8-13-6-4-3-5-7-13/h3-4,8-13H,5-7H2,1-2H3,(H,18,19)/b11-8+. The Bertz CT molecular complexity index is 549. The number of carbonyl (C=O) groups is 1. The molecular weight excluding hydrogens is 266 g/mol. The lowest BCUT2D eigenvalue weighted by Crippen LogP contribution is -2.10. The van der Waals surface area contributed by atoms with E-state index in [1.54, 1.807) is 38.5 Å². The van der Waals surface area contributed by atoms with Crippen LogP contribution in [-0.2, 0) is 4.79 Å². The second kappa shape index (κ2) is 7.53. The van der Waals surface area contributed by atoms with Crippen molar-refractivity contribution in [2.75, 3.05) is 19.5 Å². The Balaban J connectivity index is 2.01. The fourth-order valence-electron chi connectivity index (χ4n) is 2.30. The van der Waals surface area contributed by atoms with E-state index in [1.807, 2.05) is 6.08 Å². The molecule has 0 radical (unpaired) electrons. The Hall–Kier alpha value is -2.23. The van der Waals surface area contributed by atoms with E-state index in [9.17, 15) is 4.79 Å². The van der Waals surface area contributed by atoms with E-state index in [4.69, 9.17) is 9.47 Å². The Labute approximate surface area is 125 Å². The summed E-state index contributed by atoms with van der Waals surface area (Å²) in [5, 5.41) is 2.83. The number of carbonyl (C=O) groups excluding carboxylic acids is 1. The van der Waals surface area contributed by atoms with Crippen LogP contribution in [0.4, 0.5) is 5.69 Å². The lowest BCUT2D eigenvalue weighted by molar-refractivity contribution is -0.111. The lowest BCUT2D eigenvalue weighted by Gasteiger charge is -2.13. The van der Waals surface area contributed by atoms with E-state index in [0.29, 0.717) is 23.1 Å². The number of ether oxygens (including phenoxy) is 2. The summed E-state index contributed by atoms with van der Waals surface area (Å²) in [7, 11) is 3.16. The van der Waals surface area contributed by atoms with Crippen molar-refractivity contribution in [2.45, 2.75) is 19.3 Å². The summed E-state index contributed by atoms with van der Waals surface area (Å²) in [4.78, 5) is 12.0. The molecule has 0 aliphatic heterocycles. The van der Waals surface area contributed by atoms with Crippen LogP contribution in [0.5, 0.6) is 11.5 Å². The van der Waals surface area contributed by atoms with Crippen LogP contribution in [0.2, 0.25) is 0 Å². The molecule has 1 N–H and O–H groups in total. The second-order valence-corrected chi connectivity index (χ2v) is 4.96. The molecule has 1 amide bonds. The quantitative estimate of drug-likeness (QED) is 0.665. The van der Waals surface area contributed by atoms with Gasteiger partial charge in [0, 0.05) is 6.07 Å². The topological polar surface area (TPSA) is 47.6 Å². The minimum Gasteiger partial charge on any atom is -0.497 e. The van der Waals surface area contributed by atoms with Gasteiger partial charge in [0.15, 0.2) is 0 Å². The largest absolute Gasteiger partial charge is 0.497 e. The van der Waals surface area contributed by atoms with Crippen molar-refractivity contribution >= 4 is 11.6 Å². The van der Waals surface area contributed by atoms with E-state index < -0.39 is 0 Å². The molecule has 1 aromatic carbocycles. The first-order chi connectivity index (χ1) is 10.2. The minimum atomic E-state index is -0.156. The number of methoxy groups -OCH3 is 2. The first-order valence-electron chi connectivity index (χ1n) is 7.09. The number of anilines is 1. The molecule has 2 rings (SSSR count). The number of rotatable bonds is 5. The van der Waals surface area contributed by atoms with Gasteiger partial charge in [0.25, 0.3) is 0 Å². The van der Waals surface area contributed by atoms with Crippen molar-refractivity contribution in [1.82, 2.24) is 0 Å². The number of allylic oxidation sites excluding steroid dienone is 3. The van der Waals surface area contributed by atoms with E-state index in [-0.39, 0.29) is 5.91 Å². The highest BCUT2D eigenvalue weighted by Gasteiger charge is 2.09. The highest BCUT2D eigenvalue weighted by Crippen LogP contribution is 2.29. The van der Waals surface area contributed by atoms with Gasteiger partial charge < -0.3 is 14.8 Å². The van der Waals surface area contributed by atoms with Crippen LogP contribution in [0.3, 0.4) is 0 Å². The van der Waals surface area contributed by atoms with Crippen LogP contribution >= 0.6 is 0 Å². The predicted molar refractivity (Wildman–Crippen MR) is 83.8 cm³/mol. The van der Waals surface area contributed by atoms with Gasteiger partial charge in [0.1, 0.15) is 11.5 Å². The molecule has 0 saturated heterocycles. The van der Waals surface area contributed by atoms with Crippen LogP contribution in [0.1, 0.15) is 19.3 Å². The molecule has 4 nitrogen and oxygen atoms in total. The van der Waals surface area contributed by atoms with Crippen molar-refractivity contribution in [2.24, 2.45) is 5.92 Å². The van der Waals surface area contributed by atoms with Crippen LogP contribution in [-0.4, -0.2) is 20.1 Å². The Morgan fingerprint density at radius 3 is 2.81 bits per heavy atom. The van der Waals surface area contributed by atoms with Gasteiger partial charge in [0.2, 0.25) is 5.91 Å². The predicted octanol–water partition coefficient (Wildman–Crippen LogP) is 3.55.